The van der Waals surface area contributed by atoms with Gasteiger partial charge in [0.05, 0.1) is 5.25 Å². The molecular formula is C30H29N3O2S. The molecule has 6 heteroatoms. The van der Waals surface area contributed by atoms with Gasteiger partial charge in [0.15, 0.2) is 0 Å². The number of nitriles is 1. The highest BCUT2D eigenvalue weighted by Crippen LogP contribution is 2.42. The Morgan fingerprint density at radius 1 is 0.972 bits per heavy atom. The number of rotatable bonds is 6. The van der Waals surface area contributed by atoms with Crippen LogP contribution in [0, 0.1) is 32.1 Å². The van der Waals surface area contributed by atoms with Gasteiger partial charge < -0.3 is 5.32 Å². The van der Waals surface area contributed by atoms with Crippen LogP contribution in [0.2, 0.25) is 0 Å². The summed E-state index contributed by atoms with van der Waals surface area (Å²) in [5, 5.41) is 12.8. The summed E-state index contributed by atoms with van der Waals surface area (Å²) >= 11 is 1.29. The molecule has 5 nitrogen and oxygen atoms in total. The van der Waals surface area contributed by atoms with Gasteiger partial charge in [0.2, 0.25) is 5.91 Å². The van der Waals surface area contributed by atoms with E-state index in [1.807, 2.05) is 69.3 Å². The largest absolute Gasteiger partial charge is 0.321 e. The van der Waals surface area contributed by atoms with Gasteiger partial charge in [-0.1, -0.05) is 67.2 Å². The Labute approximate surface area is 216 Å². The van der Waals surface area contributed by atoms with Gasteiger partial charge in [0, 0.05) is 11.4 Å². The van der Waals surface area contributed by atoms with Crippen LogP contribution in [0.1, 0.15) is 34.7 Å². The fraction of sp³-hybridized carbons (Fsp3) is 0.233. The first-order valence-corrected chi connectivity index (χ1v) is 12.9. The van der Waals surface area contributed by atoms with Crippen molar-refractivity contribution in [2.24, 2.45) is 0 Å². The van der Waals surface area contributed by atoms with Gasteiger partial charge in [-0.25, -0.2) is 0 Å². The molecule has 1 saturated heterocycles. The van der Waals surface area contributed by atoms with Crippen molar-refractivity contribution in [3.8, 4) is 6.07 Å². The number of carbonyl (C=O) groups is 2. The number of aryl methyl sites for hydroxylation is 4. The topological polar surface area (TPSA) is 73.2 Å². The second-order valence-corrected chi connectivity index (χ2v) is 10.2. The molecule has 0 spiro atoms. The average molecular weight is 496 g/mol. The van der Waals surface area contributed by atoms with Crippen LogP contribution in [-0.4, -0.2) is 17.1 Å². The molecule has 0 saturated carbocycles. The first kappa shape index (κ1) is 25.3. The molecule has 182 valence electrons. The molecule has 1 aliphatic rings. The molecule has 0 radical (unpaired) electrons. The molecular weight excluding hydrogens is 466 g/mol. The monoisotopic (exact) mass is 495 g/mol. The lowest BCUT2D eigenvalue weighted by Gasteiger charge is -2.20. The number of para-hydroxylation sites is 1. The summed E-state index contributed by atoms with van der Waals surface area (Å²) in [5.41, 5.74) is 6.53. The lowest BCUT2D eigenvalue weighted by Crippen LogP contribution is -2.31. The van der Waals surface area contributed by atoms with Crippen molar-refractivity contribution in [3.05, 3.63) is 105 Å². The van der Waals surface area contributed by atoms with E-state index in [4.69, 9.17) is 0 Å². The molecule has 2 amide bonds. The second kappa shape index (κ2) is 10.8. The summed E-state index contributed by atoms with van der Waals surface area (Å²) in [6, 6.07) is 23.5. The Balaban J connectivity index is 1.74. The highest BCUT2D eigenvalue weighted by atomic mass is 32.2. The average Bonchev–Trinajstić information content (AvgIpc) is 3.18. The fourth-order valence-corrected chi connectivity index (χ4v) is 5.42. The molecule has 0 aromatic heterocycles. The molecule has 0 bridgehead atoms. The third kappa shape index (κ3) is 5.22. The Morgan fingerprint density at radius 3 is 2.31 bits per heavy atom. The summed E-state index contributed by atoms with van der Waals surface area (Å²) in [5.74, 6) is -0.654. The molecule has 1 fully saturated rings. The standard InChI is InChI=1S/C30H29N3O2S/c1-5-22-11-13-23(14-12-22)17-27-29(35)33(24-15-10-19(2)21(4)16-24)30(36-27)25(18-31)28(34)32-26-9-7-6-8-20(26)3/h6-16,27H,5,17H2,1-4H3,(H,32,34)/b30-25-. The summed E-state index contributed by atoms with van der Waals surface area (Å²) in [6.07, 6.45) is 1.46. The number of nitrogens with one attached hydrogen (secondary N) is 1. The minimum absolute atomic E-state index is 0.0707. The van der Waals surface area contributed by atoms with E-state index in [0.29, 0.717) is 22.8 Å². The van der Waals surface area contributed by atoms with E-state index in [2.05, 4.69) is 30.4 Å². The molecule has 1 atom stereocenters. The van der Waals surface area contributed by atoms with Crippen molar-refractivity contribution in [1.29, 1.82) is 5.26 Å². The maximum absolute atomic E-state index is 13.7. The normalized spacial score (nSPS) is 16.6. The zero-order valence-electron chi connectivity index (χ0n) is 21.0. The molecule has 1 aliphatic heterocycles. The van der Waals surface area contributed by atoms with E-state index in [-0.39, 0.29) is 11.5 Å². The zero-order chi connectivity index (χ0) is 25.8. The summed E-state index contributed by atoms with van der Waals surface area (Å²) in [6.45, 7) is 7.99. The molecule has 1 heterocycles. The Kier molecular flexibility index (Phi) is 7.61. The molecule has 4 rings (SSSR count). The van der Waals surface area contributed by atoms with Crippen molar-refractivity contribution < 1.29 is 9.59 Å². The van der Waals surface area contributed by atoms with Crippen LogP contribution in [0.5, 0.6) is 0 Å². The summed E-state index contributed by atoms with van der Waals surface area (Å²) in [4.78, 5) is 28.5. The number of carbonyl (C=O) groups excluding carboxylic acids is 2. The number of benzene rings is 3. The highest BCUT2D eigenvalue weighted by Gasteiger charge is 2.41. The maximum atomic E-state index is 13.7. The molecule has 3 aromatic rings. The minimum Gasteiger partial charge on any atom is -0.321 e. The lowest BCUT2D eigenvalue weighted by molar-refractivity contribution is -0.117. The Hall–Kier alpha value is -3.82. The van der Waals surface area contributed by atoms with Crippen molar-refractivity contribution in [2.45, 2.75) is 45.8 Å². The van der Waals surface area contributed by atoms with Gasteiger partial charge >= 0.3 is 0 Å². The number of thioether (sulfide) groups is 1. The molecule has 36 heavy (non-hydrogen) atoms. The Bertz CT molecular complexity index is 1390. The number of anilines is 2. The highest BCUT2D eigenvalue weighted by molar-refractivity contribution is 8.05. The molecule has 1 N–H and O–H groups in total. The van der Waals surface area contributed by atoms with E-state index in [9.17, 15) is 14.9 Å². The molecule has 1 unspecified atom stereocenters. The van der Waals surface area contributed by atoms with E-state index in [1.54, 1.807) is 6.07 Å². The number of hydrogen-bond donors (Lipinski definition) is 1. The third-order valence-electron chi connectivity index (χ3n) is 6.50. The van der Waals surface area contributed by atoms with Crippen LogP contribution in [0.4, 0.5) is 11.4 Å². The van der Waals surface area contributed by atoms with Gasteiger partial charge in [-0.05, 0) is 79.6 Å². The number of amides is 2. The first-order valence-electron chi connectivity index (χ1n) is 12.0. The van der Waals surface area contributed by atoms with Gasteiger partial charge in [0.25, 0.3) is 5.91 Å². The maximum Gasteiger partial charge on any atom is 0.269 e. The van der Waals surface area contributed by atoms with Crippen LogP contribution < -0.4 is 10.2 Å². The summed E-state index contributed by atoms with van der Waals surface area (Å²) in [7, 11) is 0. The predicted molar refractivity (Wildman–Crippen MR) is 147 cm³/mol. The Morgan fingerprint density at radius 2 is 1.67 bits per heavy atom. The summed E-state index contributed by atoms with van der Waals surface area (Å²) < 4.78 is 0. The first-order chi connectivity index (χ1) is 17.3. The third-order valence-corrected chi connectivity index (χ3v) is 7.76. The van der Waals surface area contributed by atoms with Crippen molar-refractivity contribution in [2.75, 3.05) is 10.2 Å². The number of nitrogens with zero attached hydrogens (tertiary/aromatic N) is 2. The van der Waals surface area contributed by atoms with E-state index < -0.39 is 11.2 Å². The second-order valence-electron chi connectivity index (χ2n) is 8.98. The van der Waals surface area contributed by atoms with E-state index in [1.165, 1.54) is 22.2 Å². The van der Waals surface area contributed by atoms with Crippen LogP contribution in [0.25, 0.3) is 0 Å². The van der Waals surface area contributed by atoms with Crippen LogP contribution in [0.3, 0.4) is 0 Å². The van der Waals surface area contributed by atoms with Crippen LogP contribution >= 0.6 is 11.8 Å². The van der Waals surface area contributed by atoms with Gasteiger partial charge in [-0.15, -0.1) is 0 Å². The van der Waals surface area contributed by atoms with Crippen molar-refractivity contribution in [1.82, 2.24) is 0 Å². The SMILES string of the molecule is CCc1ccc(CC2S/C(=C(/C#N)C(=O)Nc3ccccc3C)N(c3ccc(C)c(C)c3)C2=O)cc1. The van der Waals surface area contributed by atoms with E-state index in [0.717, 1.165) is 28.7 Å². The predicted octanol–water partition coefficient (Wildman–Crippen LogP) is 6.24. The quantitative estimate of drug-likeness (QED) is 0.325. The number of hydrogen-bond acceptors (Lipinski definition) is 4. The lowest BCUT2D eigenvalue weighted by atomic mass is 10.0. The fourth-order valence-electron chi connectivity index (χ4n) is 4.11. The van der Waals surface area contributed by atoms with Crippen LogP contribution in [-0.2, 0) is 22.4 Å². The van der Waals surface area contributed by atoms with Crippen molar-refractivity contribution >= 4 is 35.0 Å². The molecule has 3 aromatic carbocycles. The minimum atomic E-state index is -0.524. The van der Waals surface area contributed by atoms with Gasteiger partial charge in [-0.2, -0.15) is 5.26 Å². The van der Waals surface area contributed by atoms with Crippen LogP contribution in [0.15, 0.2) is 77.3 Å². The zero-order valence-corrected chi connectivity index (χ0v) is 21.8. The molecule has 0 aliphatic carbocycles. The van der Waals surface area contributed by atoms with E-state index >= 15 is 0 Å². The smallest absolute Gasteiger partial charge is 0.269 e. The van der Waals surface area contributed by atoms with Gasteiger partial charge in [0.1, 0.15) is 16.7 Å². The van der Waals surface area contributed by atoms with Crippen molar-refractivity contribution in [3.63, 3.8) is 0 Å². The van der Waals surface area contributed by atoms with Gasteiger partial charge in [-0.3, -0.25) is 14.5 Å².